The van der Waals surface area contributed by atoms with E-state index in [9.17, 15) is 0 Å². The molecule has 176 valence electrons. The monoisotopic (exact) mass is 544 g/mol. The summed E-state index contributed by atoms with van der Waals surface area (Å²) < 4.78 is 10.8. The molecule has 31 heavy (non-hydrogen) atoms. The van der Waals surface area contributed by atoms with Crippen molar-refractivity contribution in [3.8, 4) is 0 Å². The zero-order valence-electron chi connectivity index (χ0n) is 19.3. The molecule has 0 amide bonds. The van der Waals surface area contributed by atoms with E-state index in [1.807, 2.05) is 0 Å². The van der Waals surface area contributed by atoms with Crippen LogP contribution in [0.15, 0.2) is 29.3 Å². The molecule has 0 atom stereocenters. The maximum atomic E-state index is 5.46. The molecule has 1 aliphatic heterocycles. The Labute approximate surface area is 205 Å². The minimum absolute atomic E-state index is 0. The molecular formula is C24H41IN4O2. The summed E-state index contributed by atoms with van der Waals surface area (Å²) in [6.07, 6.45) is 6.35. The molecule has 0 bridgehead atoms. The number of halogens is 1. The van der Waals surface area contributed by atoms with Gasteiger partial charge in [0.05, 0.1) is 19.8 Å². The number of guanidine groups is 1. The molecule has 1 heterocycles. The Bertz CT molecular complexity index is 659. The van der Waals surface area contributed by atoms with Crippen LogP contribution < -0.4 is 10.6 Å². The molecule has 2 fully saturated rings. The lowest BCUT2D eigenvalue weighted by Gasteiger charge is -2.30. The Morgan fingerprint density at radius 3 is 2.61 bits per heavy atom. The second-order valence-corrected chi connectivity index (χ2v) is 8.71. The molecule has 1 aromatic carbocycles. The quantitative estimate of drug-likeness (QED) is 0.267. The molecule has 0 aromatic heterocycles. The van der Waals surface area contributed by atoms with Gasteiger partial charge in [0.15, 0.2) is 5.96 Å². The molecule has 2 aliphatic rings. The highest BCUT2D eigenvalue weighted by Gasteiger charge is 2.33. The number of nitrogens with zero attached hydrogens (tertiary/aromatic N) is 2. The third-order valence-corrected chi connectivity index (χ3v) is 6.40. The molecule has 2 N–H and O–H groups in total. The van der Waals surface area contributed by atoms with Crippen molar-refractivity contribution in [3.05, 3.63) is 35.4 Å². The van der Waals surface area contributed by atoms with Crippen LogP contribution in [0.2, 0.25) is 0 Å². The van der Waals surface area contributed by atoms with Crippen LogP contribution in [-0.4, -0.2) is 64.0 Å². The molecule has 1 saturated heterocycles. The third kappa shape index (κ3) is 8.86. The third-order valence-electron chi connectivity index (χ3n) is 6.40. The number of rotatable bonds is 10. The largest absolute Gasteiger partial charge is 0.385 e. The molecule has 0 unspecified atom stereocenters. The average molecular weight is 545 g/mol. The lowest BCUT2D eigenvalue weighted by molar-refractivity contribution is 0.0342. The minimum atomic E-state index is 0. The second kappa shape index (κ2) is 14.3. The number of morpholine rings is 1. The van der Waals surface area contributed by atoms with Gasteiger partial charge in [0.1, 0.15) is 0 Å². The van der Waals surface area contributed by atoms with Crippen LogP contribution in [0.3, 0.4) is 0 Å². The SMILES string of the molecule is CCNC(=NCc1cccc(CN2CCOCC2)c1)NCC1(CCOC)CCCC1.I. The molecule has 0 spiro atoms. The van der Waals surface area contributed by atoms with Crippen molar-refractivity contribution in [2.75, 3.05) is 53.1 Å². The van der Waals surface area contributed by atoms with Crippen LogP contribution in [-0.2, 0) is 22.6 Å². The first-order valence-electron chi connectivity index (χ1n) is 11.6. The van der Waals surface area contributed by atoms with Gasteiger partial charge < -0.3 is 20.1 Å². The molecule has 7 heteroatoms. The van der Waals surface area contributed by atoms with Gasteiger partial charge in [-0.05, 0) is 42.7 Å². The van der Waals surface area contributed by atoms with Gasteiger partial charge in [0.25, 0.3) is 0 Å². The van der Waals surface area contributed by atoms with Gasteiger partial charge in [-0.25, -0.2) is 4.99 Å². The van der Waals surface area contributed by atoms with E-state index in [0.29, 0.717) is 12.0 Å². The van der Waals surface area contributed by atoms with Crippen LogP contribution >= 0.6 is 24.0 Å². The summed E-state index contributed by atoms with van der Waals surface area (Å²) in [5.41, 5.74) is 2.96. The van der Waals surface area contributed by atoms with Crippen molar-refractivity contribution in [3.63, 3.8) is 0 Å². The van der Waals surface area contributed by atoms with Crippen molar-refractivity contribution in [2.45, 2.75) is 52.1 Å². The Morgan fingerprint density at radius 1 is 1.16 bits per heavy atom. The van der Waals surface area contributed by atoms with E-state index in [-0.39, 0.29) is 24.0 Å². The summed E-state index contributed by atoms with van der Waals surface area (Å²) in [7, 11) is 1.80. The van der Waals surface area contributed by atoms with E-state index in [1.165, 1.54) is 36.8 Å². The smallest absolute Gasteiger partial charge is 0.191 e. The Morgan fingerprint density at radius 2 is 1.90 bits per heavy atom. The van der Waals surface area contributed by atoms with Gasteiger partial charge >= 0.3 is 0 Å². The number of benzene rings is 1. The molecule has 6 nitrogen and oxygen atoms in total. The number of hydrogen-bond donors (Lipinski definition) is 2. The van der Waals surface area contributed by atoms with Crippen molar-refractivity contribution < 1.29 is 9.47 Å². The standard InChI is InChI=1S/C24H40N4O2.HI/c1-3-25-23(27-20-24(11-14-29-2)9-4-5-10-24)26-18-21-7-6-8-22(17-21)19-28-12-15-30-16-13-28;/h6-8,17H,3-5,9-16,18-20H2,1-2H3,(H2,25,26,27);1H. The highest BCUT2D eigenvalue weighted by Crippen LogP contribution is 2.40. The van der Waals surface area contributed by atoms with Crippen LogP contribution in [0.25, 0.3) is 0 Å². The van der Waals surface area contributed by atoms with Gasteiger partial charge in [-0.3, -0.25) is 4.90 Å². The zero-order chi connectivity index (χ0) is 21.1. The number of nitrogens with one attached hydrogen (secondary N) is 2. The molecule has 1 aromatic rings. The fraction of sp³-hybridized carbons (Fsp3) is 0.708. The number of hydrogen-bond acceptors (Lipinski definition) is 4. The summed E-state index contributed by atoms with van der Waals surface area (Å²) in [5, 5.41) is 7.04. The minimum Gasteiger partial charge on any atom is -0.385 e. The predicted molar refractivity (Wildman–Crippen MR) is 138 cm³/mol. The molecular weight excluding hydrogens is 503 g/mol. The molecule has 0 radical (unpaired) electrons. The lowest BCUT2D eigenvalue weighted by atomic mass is 9.83. The highest BCUT2D eigenvalue weighted by atomic mass is 127. The fourth-order valence-electron chi connectivity index (χ4n) is 4.59. The predicted octanol–water partition coefficient (Wildman–Crippen LogP) is 3.79. The van der Waals surface area contributed by atoms with Crippen molar-refractivity contribution in [1.82, 2.24) is 15.5 Å². The zero-order valence-corrected chi connectivity index (χ0v) is 21.7. The Balaban J connectivity index is 0.00000341. The van der Waals surface area contributed by atoms with Gasteiger partial charge in [-0.1, -0.05) is 37.1 Å². The maximum absolute atomic E-state index is 5.46. The van der Waals surface area contributed by atoms with Gasteiger partial charge in [-0.2, -0.15) is 0 Å². The van der Waals surface area contributed by atoms with E-state index < -0.39 is 0 Å². The van der Waals surface area contributed by atoms with E-state index in [1.54, 1.807) is 7.11 Å². The van der Waals surface area contributed by atoms with Crippen LogP contribution in [0.1, 0.15) is 50.2 Å². The Hall–Kier alpha value is -0.900. The van der Waals surface area contributed by atoms with Crippen molar-refractivity contribution in [1.29, 1.82) is 0 Å². The normalized spacial score (nSPS) is 19.1. The summed E-state index contributed by atoms with van der Waals surface area (Å²) >= 11 is 0. The second-order valence-electron chi connectivity index (χ2n) is 8.71. The molecule has 3 rings (SSSR count). The van der Waals surface area contributed by atoms with Crippen molar-refractivity contribution in [2.24, 2.45) is 10.4 Å². The summed E-state index contributed by atoms with van der Waals surface area (Å²) in [6, 6.07) is 8.83. The lowest BCUT2D eigenvalue weighted by Crippen LogP contribution is -2.43. The summed E-state index contributed by atoms with van der Waals surface area (Å²) in [6.45, 7) is 10.2. The number of aliphatic imine (C=N–C) groups is 1. The van der Waals surface area contributed by atoms with Crippen LogP contribution in [0, 0.1) is 5.41 Å². The summed E-state index contributed by atoms with van der Waals surface area (Å²) in [4.78, 5) is 7.33. The number of methoxy groups -OCH3 is 1. The van der Waals surface area contributed by atoms with Gasteiger partial charge in [0, 0.05) is 46.4 Å². The first-order valence-corrected chi connectivity index (χ1v) is 11.6. The van der Waals surface area contributed by atoms with Crippen LogP contribution in [0.5, 0.6) is 0 Å². The van der Waals surface area contributed by atoms with E-state index >= 15 is 0 Å². The highest BCUT2D eigenvalue weighted by molar-refractivity contribution is 14.0. The number of ether oxygens (including phenoxy) is 2. The average Bonchev–Trinajstić information content (AvgIpc) is 3.24. The molecule has 1 saturated carbocycles. The van der Waals surface area contributed by atoms with E-state index in [4.69, 9.17) is 14.5 Å². The van der Waals surface area contributed by atoms with Crippen molar-refractivity contribution >= 4 is 29.9 Å². The summed E-state index contributed by atoms with van der Waals surface area (Å²) in [5.74, 6) is 0.916. The van der Waals surface area contributed by atoms with E-state index in [2.05, 4.69) is 46.7 Å². The van der Waals surface area contributed by atoms with E-state index in [0.717, 1.165) is 64.9 Å². The molecule has 1 aliphatic carbocycles. The topological polar surface area (TPSA) is 58.1 Å². The first-order chi connectivity index (χ1) is 14.7. The van der Waals surface area contributed by atoms with Gasteiger partial charge in [-0.15, -0.1) is 24.0 Å². The van der Waals surface area contributed by atoms with Gasteiger partial charge in [0.2, 0.25) is 0 Å². The fourth-order valence-corrected chi connectivity index (χ4v) is 4.59. The maximum Gasteiger partial charge on any atom is 0.191 e. The first kappa shape index (κ1) is 26.4. The Kier molecular flexibility index (Phi) is 12.1. The van der Waals surface area contributed by atoms with Crippen LogP contribution in [0.4, 0.5) is 0 Å².